The van der Waals surface area contributed by atoms with Gasteiger partial charge in [0.15, 0.2) is 13.2 Å². The first-order chi connectivity index (χ1) is 13.2. The minimum Gasteiger partial charge on any atom is -0.454 e. The highest BCUT2D eigenvalue weighted by molar-refractivity contribution is 5.80. The number of rotatable bonds is 8. The summed E-state index contributed by atoms with van der Waals surface area (Å²) in [5, 5.41) is 14.5. The summed E-state index contributed by atoms with van der Waals surface area (Å²) in [6.45, 7) is -0.0730. The Morgan fingerprint density at radius 2 is 1.70 bits per heavy atom. The number of nitrogens with zero attached hydrogens (tertiary/aromatic N) is 4. The number of hydrogen-bond acceptors (Lipinski definition) is 6. The molecule has 8 heteroatoms. The number of carbonyl (C=O) groups excluding carboxylic acids is 2. The molecule has 0 atom stereocenters. The van der Waals surface area contributed by atoms with Gasteiger partial charge in [0.2, 0.25) is 5.82 Å². The van der Waals surface area contributed by atoms with Gasteiger partial charge in [-0.05, 0) is 17.2 Å². The van der Waals surface area contributed by atoms with Crippen molar-refractivity contribution in [1.82, 2.24) is 25.5 Å². The van der Waals surface area contributed by atoms with Crippen LogP contribution >= 0.6 is 0 Å². The summed E-state index contributed by atoms with van der Waals surface area (Å²) in [6, 6.07) is 19.1. The first-order valence-corrected chi connectivity index (χ1v) is 8.50. The summed E-state index contributed by atoms with van der Waals surface area (Å²) in [7, 11) is 0. The van der Waals surface area contributed by atoms with Gasteiger partial charge >= 0.3 is 5.97 Å². The Kier molecular flexibility index (Phi) is 6.24. The topological polar surface area (TPSA) is 99.0 Å². The van der Waals surface area contributed by atoms with E-state index in [1.54, 1.807) is 0 Å². The monoisotopic (exact) mass is 365 g/mol. The molecule has 2 aromatic carbocycles. The van der Waals surface area contributed by atoms with E-state index in [0.29, 0.717) is 18.8 Å². The van der Waals surface area contributed by atoms with E-state index in [-0.39, 0.29) is 19.1 Å². The smallest absolute Gasteiger partial charge is 0.330 e. The van der Waals surface area contributed by atoms with Crippen molar-refractivity contribution in [2.75, 3.05) is 13.2 Å². The molecule has 1 heterocycles. The zero-order chi connectivity index (χ0) is 18.9. The number of ether oxygens (including phenoxy) is 1. The van der Waals surface area contributed by atoms with E-state index in [1.807, 2.05) is 60.7 Å². The van der Waals surface area contributed by atoms with Crippen LogP contribution in [0.1, 0.15) is 5.56 Å². The van der Waals surface area contributed by atoms with Crippen molar-refractivity contribution < 1.29 is 14.3 Å². The van der Waals surface area contributed by atoms with E-state index in [0.717, 1.165) is 15.9 Å². The lowest BCUT2D eigenvalue weighted by Gasteiger charge is -2.06. The fraction of sp³-hybridized carbons (Fsp3) is 0.211. The van der Waals surface area contributed by atoms with Crippen molar-refractivity contribution in [2.45, 2.75) is 13.0 Å². The van der Waals surface area contributed by atoms with Gasteiger partial charge < -0.3 is 10.1 Å². The van der Waals surface area contributed by atoms with Crippen molar-refractivity contribution in [3.05, 3.63) is 66.2 Å². The Morgan fingerprint density at radius 3 is 2.44 bits per heavy atom. The average molecular weight is 365 g/mol. The van der Waals surface area contributed by atoms with E-state index in [2.05, 4.69) is 20.7 Å². The van der Waals surface area contributed by atoms with Gasteiger partial charge in [-0.2, -0.15) is 4.80 Å². The molecule has 1 amide bonds. The molecule has 0 saturated carbocycles. The van der Waals surface area contributed by atoms with Crippen molar-refractivity contribution in [3.8, 4) is 11.4 Å². The minimum absolute atomic E-state index is 0.211. The standard InChI is InChI=1S/C19H19N5O3/c25-17(20-12-11-15-7-3-1-4-8-15)14-27-18(26)13-24-22-19(21-23-24)16-9-5-2-6-10-16/h1-10H,11-14H2,(H,20,25). The molecule has 0 radical (unpaired) electrons. The Hall–Kier alpha value is -3.55. The van der Waals surface area contributed by atoms with Crippen LogP contribution in [-0.4, -0.2) is 45.2 Å². The fourth-order valence-electron chi connectivity index (χ4n) is 2.36. The molecule has 3 rings (SSSR count). The molecule has 0 fully saturated rings. The quantitative estimate of drug-likeness (QED) is 0.603. The van der Waals surface area contributed by atoms with Crippen LogP contribution in [0, 0.1) is 0 Å². The molecule has 0 bridgehead atoms. The lowest BCUT2D eigenvalue weighted by molar-refractivity contribution is -0.149. The third-order valence-corrected chi connectivity index (χ3v) is 3.70. The molecule has 0 aliphatic rings. The van der Waals surface area contributed by atoms with Crippen LogP contribution < -0.4 is 5.32 Å². The molecule has 138 valence electrons. The van der Waals surface area contributed by atoms with Gasteiger partial charge in [0.1, 0.15) is 0 Å². The lowest BCUT2D eigenvalue weighted by Crippen LogP contribution is -2.31. The van der Waals surface area contributed by atoms with Crippen LogP contribution in [0.25, 0.3) is 11.4 Å². The molecule has 0 unspecified atom stereocenters. The zero-order valence-corrected chi connectivity index (χ0v) is 14.6. The highest BCUT2D eigenvalue weighted by atomic mass is 16.5. The summed E-state index contributed by atoms with van der Waals surface area (Å²) in [5.74, 6) is -0.539. The van der Waals surface area contributed by atoms with Gasteiger partial charge in [0, 0.05) is 12.1 Å². The van der Waals surface area contributed by atoms with Crippen LogP contribution in [0.2, 0.25) is 0 Å². The van der Waals surface area contributed by atoms with E-state index < -0.39 is 5.97 Å². The molecular weight excluding hydrogens is 346 g/mol. The Bertz CT molecular complexity index is 881. The van der Waals surface area contributed by atoms with Gasteiger partial charge in [-0.15, -0.1) is 10.2 Å². The van der Waals surface area contributed by atoms with Gasteiger partial charge in [0.25, 0.3) is 5.91 Å². The maximum Gasteiger partial charge on any atom is 0.330 e. The van der Waals surface area contributed by atoms with Gasteiger partial charge in [-0.25, -0.2) is 4.79 Å². The first kappa shape index (κ1) is 18.2. The molecular formula is C19H19N5O3. The molecule has 0 saturated heterocycles. The van der Waals surface area contributed by atoms with Crippen LogP contribution in [0.5, 0.6) is 0 Å². The van der Waals surface area contributed by atoms with E-state index in [9.17, 15) is 9.59 Å². The van der Waals surface area contributed by atoms with E-state index in [4.69, 9.17) is 4.74 Å². The van der Waals surface area contributed by atoms with E-state index in [1.165, 1.54) is 0 Å². The molecule has 0 aliphatic heterocycles. The molecule has 1 aromatic heterocycles. The number of tetrazole rings is 1. The third kappa shape index (κ3) is 5.74. The predicted octanol–water partition coefficient (Wildman–Crippen LogP) is 1.24. The van der Waals surface area contributed by atoms with Crippen LogP contribution in [-0.2, 0) is 27.3 Å². The second-order valence-corrected chi connectivity index (χ2v) is 5.76. The van der Waals surface area contributed by atoms with Gasteiger partial charge in [-0.3, -0.25) is 4.79 Å². The second kappa shape index (κ2) is 9.23. The third-order valence-electron chi connectivity index (χ3n) is 3.70. The van der Waals surface area contributed by atoms with Crippen LogP contribution in [0.4, 0.5) is 0 Å². The summed E-state index contributed by atoms with van der Waals surface area (Å²) in [5.41, 5.74) is 1.93. The predicted molar refractivity (Wildman–Crippen MR) is 97.4 cm³/mol. The minimum atomic E-state index is -0.606. The first-order valence-electron chi connectivity index (χ1n) is 8.50. The van der Waals surface area contributed by atoms with Crippen molar-refractivity contribution in [1.29, 1.82) is 0 Å². The lowest BCUT2D eigenvalue weighted by atomic mass is 10.1. The summed E-state index contributed by atoms with van der Waals surface area (Å²) in [4.78, 5) is 24.7. The normalized spacial score (nSPS) is 10.4. The second-order valence-electron chi connectivity index (χ2n) is 5.76. The molecule has 3 aromatic rings. The molecule has 0 spiro atoms. The van der Waals surface area contributed by atoms with Crippen molar-refractivity contribution >= 4 is 11.9 Å². The number of amides is 1. The molecule has 27 heavy (non-hydrogen) atoms. The van der Waals surface area contributed by atoms with Crippen molar-refractivity contribution in [3.63, 3.8) is 0 Å². The Morgan fingerprint density at radius 1 is 1.00 bits per heavy atom. The van der Waals surface area contributed by atoms with Crippen LogP contribution in [0.3, 0.4) is 0 Å². The van der Waals surface area contributed by atoms with Crippen molar-refractivity contribution in [2.24, 2.45) is 0 Å². The molecule has 1 N–H and O–H groups in total. The highest BCUT2D eigenvalue weighted by Crippen LogP contribution is 2.11. The molecule has 8 nitrogen and oxygen atoms in total. The number of hydrogen-bond donors (Lipinski definition) is 1. The molecule has 0 aliphatic carbocycles. The zero-order valence-electron chi connectivity index (χ0n) is 14.6. The Labute approximate surface area is 156 Å². The SMILES string of the molecule is O=C(COC(=O)Cn1nnc(-c2ccccc2)n1)NCCc1ccccc1. The van der Waals surface area contributed by atoms with Gasteiger partial charge in [0.05, 0.1) is 0 Å². The number of nitrogens with one attached hydrogen (secondary N) is 1. The maximum atomic E-state index is 11.8. The fourth-order valence-corrected chi connectivity index (χ4v) is 2.36. The highest BCUT2D eigenvalue weighted by Gasteiger charge is 2.11. The summed E-state index contributed by atoms with van der Waals surface area (Å²) < 4.78 is 4.95. The van der Waals surface area contributed by atoms with E-state index >= 15 is 0 Å². The average Bonchev–Trinajstić information content (AvgIpc) is 3.16. The Balaban J connectivity index is 1.38. The number of carbonyl (C=O) groups is 2. The summed E-state index contributed by atoms with van der Waals surface area (Å²) in [6.07, 6.45) is 0.714. The summed E-state index contributed by atoms with van der Waals surface area (Å²) >= 11 is 0. The maximum absolute atomic E-state index is 11.8. The number of aromatic nitrogens is 4. The largest absolute Gasteiger partial charge is 0.454 e. The van der Waals surface area contributed by atoms with Crippen LogP contribution in [0.15, 0.2) is 60.7 Å². The van der Waals surface area contributed by atoms with Gasteiger partial charge in [-0.1, -0.05) is 60.7 Å². The number of benzene rings is 2. The number of esters is 1.